The molecule has 1 unspecified atom stereocenters. The van der Waals surface area contributed by atoms with Gasteiger partial charge in [-0.25, -0.2) is 4.68 Å². The van der Waals surface area contributed by atoms with Gasteiger partial charge in [0.25, 0.3) is 0 Å². The maximum Gasteiger partial charge on any atom is 0.227 e. The molecule has 0 saturated heterocycles. The molecule has 0 saturated carbocycles. The van der Waals surface area contributed by atoms with Crippen LogP contribution in [0.3, 0.4) is 0 Å². The molecule has 2 aromatic carbocycles. The Kier molecular flexibility index (Phi) is 7.60. The molecule has 4 aromatic rings. The Morgan fingerprint density at radius 1 is 0.970 bits per heavy atom. The van der Waals surface area contributed by atoms with Gasteiger partial charge in [-0.3, -0.25) is 4.90 Å². The molecule has 0 aliphatic rings. The van der Waals surface area contributed by atoms with Gasteiger partial charge in [0.15, 0.2) is 0 Å². The van der Waals surface area contributed by atoms with E-state index in [2.05, 4.69) is 11.8 Å². The van der Waals surface area contributed by atoms with Crippen LogP contribution in [0.1, 0.15) is 37.3 Å². The third-order valence-corrected chi connectivity index (χ3v) is 5.59. The van der Waals surface area contributed by atoms with Crippen molar-refractivity contribution in [2.45, 2.75) is 45.9 Å². The fraction of sp³-hybridized carbons (Fsp3) is 0.296. The van der Waals surface area contributed by atoms with Crippen LogP contribution in [-0.4, -0.2) is 32.4 Å². The number of aliphatic hydroxyl groups excluding tert-OH is 1. The fourth-order valence-electron chi connectivity index (χ4n) is 3.83. The molecule has 4 rings (SSSR count). The summed E-state index contributed by atoms with van der Waals surface area (Å²) in [5.74, 6) is 2.31. The average Bonchev–Trinajstić information content (AvgIpc) is 3.48. The average molecular weight is 446 g/mol. The van der Waals surface area contributed by atoms with E-state index >= 15 is 0 Å². The molecule has 172 valence electrons. The number of aliphatic hydroxyl groups is 1. The number of nitrogens with zero attached hydrogens (tertiary/aromatic N) is 3. The van der Waals surface area contributed by atoms with Crippen LogP contribution < -0.4 is 4.74 Å². The Morgan fingerprint density at radius 3 is 2.33 bits per heavy atom. The lowest BCUT2D eigenvalue weighted by Gasteiger charge is -2.24. The van der Waals surface area contributed by atoms with E-state index in [0.29, 0.717) is 31.9 Å². The number of para-hydroxylation sites is 2. The molecule has 2 aromatic heterocycles. The van der Waals surface area contributed by atoms with Crippen LogP contribution in [0.15, 0.2) is 83.5 Å². The molecular weight excluding hydrogens is 414 g/mol. The van der Waals surface area contributed by atoms with E-state index in [-0.39, 0.29) is 0 Å². The Morgan fingerprint density at radius 2 is 1.70 bits per heavy atom. The maximum absolute atomic E-state index is 10.4. The summed E-state index contributed by atoms with van der Waals surface area (Å²) >= 11 is 0. The number of rotatable bonds is 11. The van der Waals surface area contributed by atoms with Gasteiger partial charge in [-0.05, 0) is 49.2 Å². The van der Waals surface area contributed by atoms with Crippen LogP contribution in [0.25, 0.3) is 5.69 Å². The number of hydrogen-bond acceptors (Lipinski definition) is 5. The highest BCUT2D eigenvalue weighted by molar-refractivity contribution is 5.43. The van der Waals surface area contributed by atoms with Crippen LogP contribution >= 0.6 is 0 Å². The molecule has 0 bridgehead atoms. The lowest BCUT2D eigenvalue weighted by molar-refractivity contribution is 0.0968. The zero-order valence-electron chi connectivity index (χ0n) is 19.2. The zero-order chi connectivity index (χ0) is 23.0. The second kappa shape index (κ2) is 11.0. The minimum Gasteiger partial charge on any atom is -0.468 e. The van der Waals surface area contributed by atoms with Gasteiger partial charge in [0.05, 0.1) is 35.9 Å². The fourth-order valence-corrected chi connectivity index (χ4v) is 3.83. The van der Waals surface area contributed by atoms with Crippen molar-refractivity contribution >= 4 is 0 Å². The Labute approximate surface area is 195 Å². The van der Waals surface area contributed by atoms with Gasteiger partial charge in [-0.2, -0.15) is 5.10 Å². The first-order chi connectivity index (χ1) is 16.2. The summed E-state index contributed by atoms with van der Waals surface area (Å²) in [6.45, 7) is 5.79. The first kappa shape index (κ1) is 22.8. The first-order valence-corrected chi connectivity index (χ1v) is 11.5. The summed E-state index contributed by atoms with van der Waals surface area (Å²) in [6, 6.07) is 23.6. The highest BCUT2D eigenvalue weighted by Crippen LogP contribution is 2.32. The van der Waals surface area contributed by atoms with Gasteiger partial charge in [-0.15, -0.1) is 0 Å². The number of ether oxygens (including phenoxy) is 1. The van der Waals surface area contributed by atoms with Crippen molar-refractivity contribution in [3.63, 3.8) is 0 Å². The Bertz CT molecular complexity index is 1110. The van der Waals surface area contributed by atoms with Crippen molar-refractivity contribution in [3.8, 4) is 17.3 Å². The summed E-state index contributed by atoms with van der Waals surface area (Å²) in [5.41, 5.74) is 2.93. The molecule has 1 N–H and O–H groups in total. The molecule has 0 aliphatic heterocycles. The number of aryl methyl sites for hydroxylation is 1. The predicted molar refractivity (Wildman–Crippen MR) is 129 cm³/mol. The van der Waals surface area contributed by atoms with E-state index in [0.717, 1.165) is 34.9 Å². The molecule has 0 spiro atoms. The van der Waals surface area contributed by atoms with Gasteiger partial charge in [-0.1, -0.05) is 50.2 Å². The van der Waals surface area contributed by atoms with Crippen LogP contribution in [0.4, 0.5) is 0 Å². The monoisotopic (exact) mass is 445 g/mol. The molecule has 0 fully saturated rings. The molecule has 0 radical (unpaired) electrons. The molecule has 2 heterocycles. The quantitative estimate of drug-likeness (QED) is 0.326. The predicted octanol–water partition coefficient (Wildman–Crippen LogP) is 5.59. The van der Waals surface area contributed by atoms with E-state index in [1.165, 1.54) is 0 Å². The minimum absolute atomic E-state index is 0.423. The molecule has 6 nitrogen and oxygen atoms in total. The Balaban J connectivity index is 1.75. The third-order valence-electron chi connectivity index (χ3n) is 5.59. The molecule has 6 heteroatoms. The van der Waals surface area contributed by atoms with Crippen LogP contribution in [0.5, 0.6) is 11.6 Å². The second-order valence-corrected chi connectivity index (χ2v) is 8.06. The van der Waals surface area contributed by atoms with E-state index in [9.17, 15) is 5.11 Å². The largest absolute Gasteiger partial charge is 0.468 e. The standard InChI is InChI=1S/C27H31N3O3/c1-3-22(31)18-29(19-24-16-11-17-32-24)20-25-26(4-2)28-30(21-12-7-5-8-13-21)27(25)33-23-14-9-6-10-15-23/h5-17,22,31H,3-4,18-20H2,1-2H3. The van der Waals surface area contributed by atoms with Crippen molar-refractivity contribution < 1.29 is 14.3 Å². The lowest BCUT2D eigenvalue weighted by atomic mass is 10.1. The van der Waals surface area contributed by atoms with E-state index < -0.39 is 6.10 Å². The Hall–Kier alpha value is -3.35. The highest BCUT2D eigenvalue weighted by Gasteiger charge is 2.24. The second-order valence-electron chi connectivity index (χ2n) is 8.06. The SMILES string of the molecule is CCc1nn(-c2ccccc2)c(Oc2ccccc2)c1CN(Cc1ccco1)CC(O)CC. The van der Waals surface area contributed by atoms with Gasteiger partial charge in [0, 0.05) is 13.1 Å². The van der Waals surface area contributed by atoms with Crippen molar-refractivity contribution in [1.29, 1.82) is 0 Å². The van der Waals surface area contributed by atoms with E-state index in [1.54, 1.807) is 6.26 Å². The number of benzene rings is 2. The number of furan rings is 1. The van der Waals surface area contributed by atoms with Crippen molar-refractivity contribution in [1.82, 2.24) is 14.7 Å². The van der Waals surface area contributed by atoms with Crippen molar-refractivity contribution in [2.24, 2.45) is 0 Å². The molecule has 0 aliphatic carbocycles. The first-order valence-electron chi connectivity index (χ1n) is 11.5. The van der Waals surface area contributed by atoms with Crippen molar-refractivity contribution in [2.75, 3.05) is 6.54 Å². The van der Waals surface area contributed by atoms with Crippen LogP contribution in [0.2, 0.25) is 0 Å². The van der Waals surface area contributed by atoms with Gasteiger partial charge in [0.2, 0.25) is 5.88 Å². The highest BCUT2D eigenvalue weighted by atomic mass is 16.5. The summed E-state index contributed by atoms with van der Waals surface area (Å²) < 4.78 is 13.9. The normalized spacial score (nSPS) is 12.2. The van der Waals surface area contributed by atoms with Gasteiger partial charge in [0.1, 0.15) is 11.5 Å². The van der Waals surface area contributed by atoms with E-state index in [4.69, 9.17) is 14.3 Å². The number of aromatic nitrogens is 2. The smallest absolute Gasteiger partial charge is 0.227 e. The topological polar surface area (TPSA) is 63.7 Å². The number of hydrogen-bond donors (Lipinski definition) is 1. The summed E-state index contributed by atoms with van der Waals surface area (Å²) in [6.07, 6.45) is 2.71. The third kappa shape index (κ3) is 5.72. The van der Waals surface area contributed by atoms with Gasteiger partial charge >= 0.3 is 0 Å². The van der Waals surface area contributed by atoms with E-state index in [1.807, 2.05) is 84.4 Å². The molecule has 33 heavy (non-hydrogen) atoms. The van der Waals surface area contributed by atoms with Crippen LogP contribution in [-0.2, 0) is 19.5 Å². The molecule has 0 amide bonds. The lowest BCUT2D eigenvalue weighted by Crippen LogP contribution is -2.31. The van der Waals surface area contributed by atoms with Crippen LogP contribution in [0, 0.1) is 0 Å². The molecule has 1 atom stereocenters. The van der Waals surface area contributed by atoms with Crippen molar-refractivity contribution in [3.05, 3.63) is 96.1 Å². The zero-order valence-corrected chi connectivity index (χ0v) is 19.2. The maximum atomic E-state index is 10.4. The summed E-state index contributed by atoms with van der Waals surface area (Å²) in [5, 5.41) is 15.3. The minimum atomic E-state index is -0.423. The molecular formula is C27H31N3O3. The summed E-state index contributed by atoms with van der Waals surface area (Å²) in [7, 11) is 0. The summed E-state index contributed by atoms with van der Waals surface area (Å²) in [4.78, 5) is 2.19. The van der Waals surface area contributed by atoms with Gasteiger partial charge < -0.3 is 14.3 Å².